The second kappa shape index (κ2) is 7.75. The van der Waals surface area contributed by atoms with Crippen LogP contribution in [0, 0.1) is 0 Å². The highest BCUT2D eigenvalue weighted by atomic mass is 15.3. The zero-order valence-electron chi connectivity index (χ0n) is 15.4. The molecule has 0 radical (unpaired) electrons. The second-order valence-corrected chi connectivity index (χ2v) is 6.93. The molecule has 0 atom stereocenters. The highest BCUT2D eigenvalue weighted by Gasteiger charge is 2.17. The molecule has 3 aromatic rings. The van der Waals surface area contributed by atoms with Crippen LogP contribution in [-0.4, -0.2) is 22.9 Å². The van der Waals surface area contributed by atoms with Crippen molar-refractivity contribution < 1.29 is 0 Å². The molecular formula is C22H26N4. The predicted octanol–water partition coefficient (Wildman–Crippen LogP) is 3.60. The third-order valence-corrected chi connectivity index (χ3v) is 5.05. The summed E-state index contributed by atoms with van der Waals surface area (Å²) < 4.78 is 2.00. The lowest BCUT2D eigenvalue weighted by Gasteiger charge is -2.16. The maximum Gasteiger partial charge on any atom is 0.0659 e. The van der Waals surface area contributed by atoms with E-state index < -0.39 is 0 Å². The molecule has 0 aliphatic carbocycles. The van der Waals surface area contributed by atoms with Gasteiger partial charge < -0.3 is 10.2 Å². The number of benzene rings is 2. The van der Waals surface area contributed by atoms with Gasteiger partial charge in [-0.3, -0.25) is 4.68 Å². The molecule has 4 rings (SSSR count). The fraction of sp³-hybridized carbons (Fsp3) is 0.318. The van der Waals surface area contributed by atoms with Crippen molar-refractivity contribution in [3.63, 3.8) is 0 Å². The monoisotopic (exact) mass is 346 g/mol. The lowest BCUT2D eigenvalue weighted by molar-refractivity contribution is 0.677. The van der Waals surface area contributed by atoms with Crippen molar-refractivity contribution in [2.75, 3.05) is 18.0 Å². The SMILES string of the molecule is CCN1CCc2cc(CNCc3cnn(Cc4ccccc4)c3)ccc21. The van der Waals surface area contributed by atoms with Crippen LogP contribution in [0.1, 0.15) is 29.2 Å². The Balaban J connectivity index is 1.30. The molecule has 0 saturated carbocycles. The van der Waals surface area contributed by atoms with Crippen LogP contribution in [0.25, 0.3) is 0 Å². The van der Waals surface area contributed by atoms with Gasteiger partial charge in [-0.2, -0.15) is 5.10 Å². The van der Waals surface area contributed by atoms with Crippen LogP contribution in [0.4, 0.5) is 5.69 Å². The van der Waals surface area contributed by atoms with Crippen molar-refractivity contribution in [2.45, 2.75) is 33.0 Å². The molecule has 1 aliphatic rings. The predicted molar refractivity (Wildman–Crippen MR) is 106 cm³/mol. The van der Waals surface area contributed by atoms with E-state index >= 15 is 0 Å². The van der Waals surface area contributed by atoms with Crippen molar-refractivity contribution in [3.8, 4) is 0 Å². The fourth-order valence-electron chi connectivity index (χ4n) is 3.67. The number of fused-ring (bicyclic) bond motifs is 1. The Bertz CT molecular complexity index is 854. The third kappa shape index (κ3) is 3.81. The minimum atomic E-state index is 0.819. The topological polar surface area (TPSA) is 33.1 Å². The largest absolute Gasteiger partial charge is 0.371 e. The van der Waals surface area contributed by atoms with Crippen LogP contribution in [0.3, 0.4) is 0 Å². The van der Waals surface area contributed by atoms with Gasteiger partial charge >= 0.3 is 0 Å². The number of nitrogens with zero attached hydrogens (tertiary/aromatic N) is 3. The van der Waals surface area contributed by atoms with E-state index in [0.717, 1.165) is 32.7 Å². The second-order valence-electron chi connectivity index (χ2n) is 6.93. The molecule has 0 spiro atoms. The summed E-state index contributed by atoms with van der Waals surface area (Å²) in [4.78, 5) is 2.45. The first-order valence-electron chi connectivity index (χ1n) is 9.44. The van der Waals surface area contributed by atoms with Crippen LogP contribution in [0.2, 0.25) is 0 Å². The van der Waals surface area contributed by atoms with E-state index in [4.69, 9.17) is 0 Å². The molecular weight excluding hydrogens is 320 g/mol. The average Bonchev–Trinajstić information content (AvgIpc) is 3.29. The Kier molecular flexibility index (Phi) is 5.02. The number of rotatable bonds is 7. The lowest BCUT2D eigenvalue weighted by atomic mass is 10.1. The van der Waals surface area contributed by atoms with E-state index in [1.807, 2.05) is 16.9 Å². The number of nitrogens with one attached hydrogen (secondary N) is 1. The van der Waals surface area contributed by atoms with E-state index in [1.165, 1.54) is 34.4 Å². The van der Waals surface area contributed by atoms with E-state index in [9.17, 15) is 0 Å². The number of likely N-dealkylation sites (N-methyl/N-ethyl adjacent to an activating group) is 1. The van der Waals surface area contributed by atoms with Gasteiger partial charge in [0.25, 0.3) is 0 Å². The molecule has 1 aliphatic heterocycles. The molecule has 0 unspecified atom stereocenters. The van der Waals surface area contributed by atoms with Crippen LogP contribution in [0.15, 0.2) is 60.9 Å². The molecule has 1 aromatic heterocycles. The Morgan fingerprint density at radius 3 is 2.69 bits per heavy atom. The first-order valence-corrected chi connectivity index (χ1v) is 9.44. The van der Waals surface area contributed by atoms with Gasteiger partial charge in [0.1, 0.15) is 0 Å². The number of aromatic nitrogens is 2. The highest BCUT2D eigenvalue weighted by molar-refractivity contribution is 5.59. The van der Waals surface area contributed by atoms with Gasteiger partial charge in [-0.1, -0.05) is 42.5 Å². The zero-order valence-corrected chi connectivity index (χ0v) is 15.4. The Labute approximate surface area is 155 Å². The van der Waals surface area contributed by atoms with E-state index in [2.05, 4.69) is 70.9 Å². The Hall–Kier alpha value is -2.59. The molecule has 1 N–H and O–H groups in total. The first kappa shape index (κ1) is 16.9. The molecule has 134 valence electrons. The summed E-state index contributed by atoms with van der Waals surface area (Å²) >= 11 is 0. The smallest absolute Gasteiger partial charge is 0.0659 e. The van der Waals surface area contributed by atoms with E-state index in [1.54, 1.807) is 0 Å². The van der Waals surface area contributed by atoms with Crippen molar-refractivity contribution in [1.82, 2.24) is 15.1 Å². The molecule has 2 aromatic carbocycles. The summed E-state index contributed by atoms with van der Waals surface area (Å²) in [5.41, 5.74) is 6.76. The first-order chi connectivity index (χ1) is 12.8. The molecule has 2 heterocycles. The van der Waals surface area contributed by atoms with Crippen LogP contribution < -0.4 is 10.2 Å². The summed E-state index contributed by atoms with van der Waals surface area (Å²) in [6.45, 7) is 7.03. The van der Waals surface area contributed by atoms with Crippen molar-refractivity contribution >= 4 is 5.69 Å². The highest BCUT2D eigenvalue weighted by Crippen LogP contribution is 2.28. The number of hydrogen-bond acceptors (Lipinski definition) is 3. The van der Waals surface area contributed by atoms with Crippen LogP contribution in [-0.2, 0) is 26.1 Å². The van der Waals surface area contributed by atoms with Gasteiger partial charge in [0.2, 0.25) is 0 Å². The molecule has 0 fully saturated rings. The summed E-state index contributed by atoms with van der Waals surface area (Å²) in [5.74, 6) is 0. The molecule has 0 amide bonds. The minimum absolute atomic E-state index is 0.819. The number of hydrogen-bond donors (Lipinski definition) is 1. The van der Waals surface area contributed by atoms with Gasteiger partial charge in [-0.25, -0.2) is 0 Å². The molecule has 26 heavy (non-hydrogen) atoms. The van der Waals surface area contributed by atoms with Crippen LogP contribution >= 0.6 is 0 Å². The summed E-state index contributed by atoms with van der Waals surface area (Å²) in [7, 11) is 0. The van der Waals surface area contributed by atoms with E-state index in [-0.39, 0.29) is 0 Å². The number of anilines is 1. The van der Waals surface area contributed by atoms with Gasteiger partial charge in [0.05, 0.1) is 12.7 Å². The minimum Gasteiger partial charge on any atom is -0.371 e. The summed E-state index contributed by atoms with van der Waals surface area (Å²) in [6.07, 6.45) is 5.25. The van der Waals surface area contributed by atoms with Crippen molar-refractivity contribution in [1.29, 1.82) is 0 Å². The molecule has 0 saturated heterocycles. The Morgan fingerprint density at radius 1 is 1.00 bits per heavy atom. The van der Waals surface area contributed by atoms with Crippen LogP contribution in [0.5, 0.6) is 0 Å². The van der Waals surface area contributed by atoms with Gasteiger partial charge in [0.15, 0.2) is 0 Å². The third-order valence-electron chi connectivity index (χ3n) is 5.05. The lowest BCUT2D eigenvalue weighted by Crippen LogP contribution is -2.19. The Morgan fingerprint density at radius 2 is 1.85 bits per heavy atom. The van der Waals surface area contributed by atoms with Gasteiger partial charge in [0, 0.05) is 43.6 Å². The van der Waals surface area contributed by atoms with Crippen molar-refractivity contribution in [3.05, 3.63) is 83.2 Å². The normalized spacial score (nSPS) is 13.2. The maximum absolute atomic E-state index is 4.47. The standard InChI is InChI=1S/C22H26N4/c1-2-25-11-10-21-12-19(8-9-22(21)25)13-23-14-20-15-24-26(17-20)16-18-6-4-3-5-7-18/h3-9,12,15,17,23H,2,10-11,13-14,16H2,1H3. The average molecular weight is 346 g/mol. The zero-order chi connectivity index (χ0) is 17.8. The van der Waals surface area contributed by atoms with Gasteiger partial charge in [-0.05, 0) is 36.1 Å². The molecule has 4 heteroatoms. The van der Waals surface area contributed by atoms with Gasteiger partial charge in [-0.15, -0.1) is 0 Å². The fourth-order valence-corrected chi connectivity index (χ4v) is 3.67. The van der Waals surface area contributed by atoms with E-state index in [0.29, 0.717) is 0 Å². The molecule has 0 bridgehead atoms. The summed E-state index contributed by atoms with van der Waals surface area (Å²) in [6, 6.07) is 17.3. The van der Waals surface area contributed by atoms with Crippen molar-refractivity contribution in [2.24, 2.45) is 0 Å². The maximum atomic E-state index is 4.47. The quantitative estimate of drug-likeness (QED) is 0.709. The molecule has 4 nitrogen and oxygen atoms in total. The summed E-state index contributed by atoms with van der Waals surface area (Å²) in [5, 5.41) is 8.02.